The van der Waals surface area contributed by atoms with Crippen LogP contribution in [0.1, 0.15) is 25.8 Å². The molecule has 100 valence electrons. The van der Waals surface area contributed by atoms with Gasteiger partial charge in [-0.25, -0.2) is 4.79 Å². The van der Waals surface area contributed by atoms with E-state index in [0.29, 0.717) is 17.6 Å². The SMILES string of the molecule is C=C(C)C(=O)O/C(C(=O)[O-])=C(/CC)c1ccccc1. The Morgan fingerprint density at radius 3 is 2.26 bits per heavy atom. The predicted molar refractivity (Wildman–Crippen MR) is 69.6 cm³/mol. The number of benzene rings is 1. The normalized spacial score (nSPS) is 11.5. The van der Waals surface area contributed by atoms with Gasteiger partial charge in [-0.1, -0.05) is 43.8 Å². The summed E-state index contributed by atoms with van der Waals surface area (Å²) in [5.41, 5.74) is 1.22. The average Bonchev–Trinajstić information content (AvgIpc) is 2.39. The van der Waals surface area contributed by atoms with Crippen LogP contribution < -0.4 is 5.11 Å². The molecule has 0 saturated heterocycles. The Balaban J connectivity index is 3.26. The molecule has 0 aliphatic rings. The highest BCUT2D eigenvalue weighted by Gasteiger charge is 2.15. The summed E-state index contributed by atoms with van der Waals surface area (Å²) in [4.78, 5) is 22.6. The predicted octanol–water partition coefficient (Wildman–Crippen LogP) is 1.68. The smallest absolute Gasteiger partial charge is 0.338 e. The van der Waals surface area contributed by atoms with Crippen molar-refractivity contribution in [3.05, 3.63) is 53.8 Å². The molecule has 4 heteroatoms. The van der Waals surface area contributed by atoms with Crippen molar-refractivity contribution in [3.8, 4) is 0 Å². The summed E-state index contributed by atoms with van der Waals surface area (Å²) in [5.74, 6) is -2.75. The molecule has 0 aliphatic heterocycles. The first kappa shape index (κ1) is 14.7. The summed E-state index contributed by atoms with van der Waals surface area (Å²) < 4.78 is 4.86. The highest BCUT2D eigenvalue weighted by atomic mass is 16.6. The van der Waals surface area contributed by atoms with Crippen LogP contribution in [0.5, 0.6) is 0 Å². The molecule has 19 heavy (non-hydrogen) atoms. The first-order valence-corrected chi connectivity index (χ1v) is 5.85. The van der Waals surface area contributed by atoms with Crippen LogP contribution in [-0.2, 0) is 14.3 Å². The Kier molecular flexibility index (Phi) is 5.06. The molecular formula is C15H15O4-. The van der Waals surface area contributed by atoms with Gasteiger partial charge in [0.25, 0.3) is 0 Å². The van der Waals surface area contributed by atoms with Gasteiger partial charge >= 0.3 is 5.97 Å². The summed E-state index contributed by atoms with van der Waals surface area (Å²) in [6, 6.07) is 8.86. The second-order valence-corrected chi connectivity index (χ2v) is 3.98. The minimum Gasteiger partial charge on any atom is -0.542 e. The third-order valence-electron chi connectivity index (χ3n) is 2.48. The quantitative estimate of drug-likeness (QED) is 0.458. The zero-order chi connectivity index (χ0) is 14.4. The van der Waals surface area contributed by atoms with E-state index < -0.39 is 17.7 Å². The van der Waals surface area contributed by atoms with E-state index in [1.165, 1.54) is 6.92 Å². The number of ether oxygens (including phenoxy) is 1. The molecule has 0 bridgehead atoms. The van der Waals surface area contributed by atoms with Crippen molar-refractivity contribution in [2.24, 2.45) is 0 Å². The lowest BCUT2D eigenvalue weighted by atomic mass is 10.0. The number of rotatable bonds is 5. The van der Waals surface area contributed by atoms with Crippen molar-refractivity contribution >= 4 is 17.5 Å². The van der Waals surface area contributed by atoms with E-state index in [2.05, 4.69) is 6.58 Å². The van der Waals surface area contributed by atoms with Crippen molar-refractivity contribution in [1.29, 1.82) is 0 Å². The standard InChI is InChI=1S/C15H16O4/c1-4-12(11-8-6-5-7-9-11)13(14(16)17)19-15(18)10(2)3/h5-9H,2,4H2,1,3H3,(H,16,17)/p-1/b13-12-. The van der Waals surface area contributed by atoms with Gasteiger partial charge in [-0.15, -0.1) is 0 Å². The van der Waals surface area contributed by atoms with Gasteiger partial charge in [-0.3, -0.25) is 0 Å². The molecule has 0 unspecified atom stereocenters. The first-order chi connectivity index (χ1) is 8.97. The van der Waals surface area contributed by atoms with E-state index >= 15 is 0 Å². The summed E-state index contributed by atoms with van der Waals surface area (Å²) in [7, 11) is 0. The van der Waals surface area contributed by atoms with E-state index in [1.54, 1.807) is 31.2 Å². The van der Waals surface area contributed by atoms with Gasteiger partial charge in [-0.2, -0.15) is 0 Å². The molecule has 0 aromatic heterocycles. The van der Waals surface area contributed by atoms with Crippen LogP contribution in [0.15, 0.2) is 48.2 Å². The van der Waals surface area contributed by atoms with E-state index in [4.69, 9.17) is 4.74 Å². The average molecular weight is 259 g/mol. The fourth-order valence-electron chi connectivity index (χ4n) is 1.54. The molecule has 1 aromatic rings. The fraction of sp³-hybridized carbons (Fsp3) is 0.200. The monoisotopic (exact) mass is 259 g/mol. The van der Waals surface area contributed by atoms with Gasteiger partial charge in [0.2, 0.25) is 0 Å². The number of allylic oxidation sites excluding steroid dienone is 1. The third kappa shape index (κ3) is 3.81. The number of carbonyl (C=O) groups excluding carboxylic acids is 2. The van der Waals surface area contributed by atoms with Crippen molar-refractivity contribution in [2.75, 3.05) is 0 Å². The second-order valence-electron chi connectivity index (χ2n) is 3.98. The summed E-state index contributed by atoms with van der Waals surface area (Å²) >= 11 is 0. The van der Waals surface area contributed by atoms with Crippen molar-refractivity contribution in [3.63, 3.8) is 0 Å². The lowest BCUT2D eigenvalue weighted by Gasteiger charge is -2.15. The highest BCUT2D eigenvalue weighted by molar-refractivity contribution is 5.98. The van der Waals surface area contributed by atoms with Crippen LogP contribution in [0, 0.1) is 0 Å². The number of hydrogen-bond donors (Lipinski definition) is 0. The molecule has 0 aliphatic carbocycles. The second kappa shape index (κ2) is 6.54. The van der Waals surface area contributed by atoms with Gasteiger partial charge in [-0.05, 0) is 18.9 Å². The van der Waals surface area contributed by atoms with E-state index in [0.717, 1.165) is 0 Å². The molecule has 0 saturated carbocycles. The number of carbonyl (C=O) groups is 2. The molecule has 0 amide bonds. The van der Waals surface area contributed by atoms with Crippen molar-refractivity contribution < 1.29 is 19.4 Å². The topological polar surface area (TPSA) is 66.4 Å². The Bertz CT molecular complexity index is 526. The number of carboxylic acid groups (broad SMARTS) is 1. The van der Waals surface area contributed by atoms with Gasteiger partial charge in [0.05, 0.1) is 0 Å². The van der Waals surface area contributed by atoms with Crippen LogP contribution >= 0.6 is 0 Å². The molecule has 4 nitrogen and oxygen atoms in total. The lowest BCUT2D eigenvalue weighted by molar-refractivity contribution is -0.302. The Morgan fingerprint density at radius 1 is 1.26 bits per heavy atom. The number of aliphatic carboxylic acids is 1. The molecule has 0 spiro atoms. The van der Waals surface area contributed by atoms with Crippen LogP contribution in [0.4, 0.5) is 0 Å². The molecule has 1 aromatic carbocycles. The Labute approximate surface area is 112 Å². The molecule has 0 heterocycles. The summed E-state index contributed by atoms with van der Waals surface area (Å²) in [6.07, 6.45) is 0.400. The zero-order valence-corrected chi connectivity index (χ0v) is 10.9. The van der Waals surface area contributed by atoms with Gasteiger partial charge in [0, 0.05) is 11.1 Å². The van der Waals surface area contributed by atoms with E-state index in [1.807, 2.05) is 6.07 Å². The van der Waals surface area contributed by atoms with Crippen LogP contribution in [0.2, 0.25) is 0 Å². The minimum atomic E-state index is -1.52. The third-order valence-corrected chi connectivity index (χ3v) is 2.48. The number of carboxylic acids is 1. The van der Waals surface area contributed by atoms with Crippen molar-refractivity contribution in [2.45, 2.75) is 20.3 Å². The van der Waals surface area contributed by atoms with Crippen LogP contribution in [-0.4, -0.2) is 11.9 Å². The van der Waals surface area contributed by atoms with Crippen LogP contribution in [0.25, 0.3) is 5.57 Å². The maximum atomic E-state index is 11.5. The van der Waals surface area contributed by atoms with Crippen molar-refractivity contribution in [1.82, 2.24) is 0 Å². The van der Waals surface area contributed by atoms with Crippen LogP contribution in [0.3, 0.4) is 0 Å². The van der Waals surface area contributed by atoms with E-state index in [9.17, 15) is 14.7 Å². The maximum absolute atomic E-state index is 11.5. The summed E-state index contributed by atoms with van der Waals surface area (Å²) in [5, 5.41) is 11.2. The van der Waals surface area contributed by atoms with E-state index in [-0.39, 0.29) is 5.57 Å². The molecule has 0 N–H and O–H groups in total. The van der Waals surface area contributed by atoms with Gasteiger partial charge in [0.15, 0.2) is 5.76 Å². The fourth-order valence-corrected chi connectivity index (χ4v) is 1.54. The molecule has 0 fully saturated rings. The maximum Gasteiger partial charge on any atom is 0.338 e. The number of hydrogen-bond acceptors (Lipinski definition) is 4. The Morgan fingerprint density at radius 2 is 1.84 bits per heavy atom. The summed E-state index contributed by atoms with van der Waals surface area (Å²) in [6.45, 7) is 6.64. The Hall–Kier alpha value is -2.36. The highest BCUT2D eigenvalue weighted by Crippen LogP contribution is 2.23. The molecule has 1 rings (SSSR count). The largest absolute Gasteiger partial charge is 0.542 e. The zero-order valence-electron chi connectivity index (χ0n) is 10.9. The molecule has 0 atom stereocenters. The first-order valence-electron chi connectivity index (χ1n) is 5.85. The molecular weight excluding hydrogens is 244 g/mol. The number of esters is 1. The minimum absolute atomic E-state index is 0.127. The molecule has 0 radical (unpaired) electrons. The van der Waals surface area contributed by atoms with Gasteiger partial charge in [0.1, 0.15) is 5.97 Å². The lowest BCUT2D eigenvalue weighted by Crippen LogP contribution is -2.28. The van der Waals surface area contributed by atoms with Gasteiger partial charge < -0.3 is 14.6 Å².